The molecule has 1 fully saturated rings. The summed E-state index contributed by atoms with van der Waals surface area (Å²) in [6.07, 6.45) is 3.94. The van der Waals surface area contributed by atoms with Crippen LogP contribution in [0.2, 0.25) is 0 Å². The quantitative estimate of drug-likeness (QED) is 0.867. The Morgan fingerprint density at radius 3 is 2.65 bits per heavy atom. The van der Waals surface area contributed by atoms with Crippen molar-refractivity contribution in [2.24, 2.45) is 5.92 Å². The fraction of sp³-hybridized carbons (Fsp3) is 0.545. The molecule has 0 spiro atoms. The van der Waals surface area contributed by atoms with Gasteiger partial charge in [0.25, 0.3) is 0 Å². The Kier molecular flexibility index (Phi) is 3.42. The normalized spacial score (nSPS) is 16.1. The molecule has 6 heteroatoms. The second-order valence-corrected chi connectivity index (χ2v) is 5.02. The van der Waals surface area contributed by atoms with Crippen molar-refractivity contribution in [1.82, 2.24) is 4.37 Å². The summed E-state index contributed by atoms with van der Waals surface area (Å²) >= 11 is 1.03. The molecule has 1 aliphatic rings. The van der Waals surface area contributed by atoms with Crippen molar-refractivity contribution in [3.8, 4) is 0 Å². The maximum Gasteiger partial charge on any atom is 0.340 e. The Morgan fingerprint density at radius 1 is 1.41 bits per heavy atom. The highest BCUT2D eigenvalue weighted by molar-refractivity contribution is 7.11. The number of amides is 1. The Morgan fingerprint density at radius 2 is 2.06 bits per heavy atom. The molecule has 1 saturated carbocycles. The fourth-order valence-electron chi connectivity index (χ4n) is 2.11. The summed E-state index contributed by atoms with van der Waals surface area (Å²) in [5.41, 5.74) is 0.561. The van der Waals surface area contributed by atoms with Gasteiger partial charge in [-0.3, -0.25) is 4.79 Å². The predicted molar refractivity (Wildman–Crippen MR) is 64.4 cm³/mol. The van der Waals surface area contributed by atoms with Crippen LogP contribution in [0.5, 0.6) is 0 Å². The molecule has 5 nitrogen and oxygen atoms in total. The number of hydrogen-bond donors (Lipinski definition) is 2. The van der Waals surface area contributed by atoms with Crippen LogP contribution < -0.4 is 5.32 Å². The molecule has 0 bridgehead atoms. The zero-order valence-electron chi connectivity index (χ0n) is 9.52. The third kappa shape index (κ3) is 2.46. The lowest BCUT2D eigenvalue weighted by Crippen LogP contribution is -2.20. The third-order valence-corrected chi connectivity index (χ3v) is 3.89. The van der Waals surface area contributed by atoms with Gasteiger partial charge in [-0.15, -0.1) is 0 Å². The van der Waals surface area contributed by atoms with Crippen molar-refractivity contribution >= 4 is 28.4 Å². The number of carbonyl (C=O) groups excluding carboxylic acids is 1. The van der Waals surface area contributed by atoms with Gasteiger partial charge >= 0.3 is 5.97 Å². The first kappa shape index (κ1) is 12.0. The van der Waals surface area contributed by atoms with E-state index in [4.69, 9.17) is 5.11 Å². The van der Waals surface area contributed by atoms with Gasteiger partial charge in [-0.2, -0.15) is 4.37 Å². The number of aryl methyl sites for hydroxylation is 1. The van der Waals surface area contributed by atoms with E-state index in [0.29, 0.717) is 10.7 Å². The lowest BCUT2D eigenvalue weighted by atomic mass is 10.1. The minimum Gasteiger partial charge on any atom is -0.478 e. The number of nitrogens with zero attached hydrogens (tertiary/aromatic N) is 1. The summed E-state index contributed by atoms with van der Waals surface area (Å²) in [7, 11) is 0. The molecule has 2 N–H and O–H groups in total. The minimum atomic E-state index is -1.04. The van der Waals surface area contributed by atoms with E-state index in [2.05, 4.69) is 9.69 Å². The molecule has 1 aromatic rings. The van der Waals surface area contributed by atoms with E-state index in [-0.39, 0.29) is 17.4 Å². The van der Waals surface area contributed by atoms with Crippen molar-refractivity contribution in [3.63, 3.8) is 0 Å². The topological polar surface area (TPSA) is 79.3 Å². The Balaban J connectivity index is 2.13. The van der Waals surface area contributed by atoms with Crippen LogP contribution in [0.25, 0.3) is 0 Å². The number of anilines is 1. The maximum atomic E-state index is 11.9. The van der Waals surface area contributed by atoms with Crippen LogP contribution in [-0.4, -0.2) is 21.4 Å². The van der Waals surface area contributed by atoms with Gasteiger partial charge in [-0.1, -0.05) is 12.8 Å². The molecule has 0 aliphatic heterocycles. The van der Waals surface area contributed by atoms with Gasteiger partial charge < -0.3 is 10.4 Å². The summed E-state index contributed by atoms with van der Waals surface area (Å²) in [6, 6.07) is 0. The first-order chi connectivity index (χ1) is 8.09. The minimum absolute atomic E-state index is 0.0269. The molecule has 92 valence electrons. The van der Waals surface area contributed by atoms with Crippen molar-refractivity contribution in [3.05, 3.63) is 11.3 Å². The number of carbonyl (C=O) groups is 2. The smallest absolute Gasteiger partial charge is 0.340 e. The number of nitrogens with one attached hydrogen (secondary N) is 1. The largest absolute Gasteiger partial charge is 0.478 e. The SMILES string of the molecule is Cc1nsc(NC(=O)C2CCCC2)c1C(=O)O. The zero-order valence-corrected chi connectivity index (χ0v) is 10.3. The summed E-state index contributed by atoms with van der Waals surface area (Å²) in [5, 5.41) is 12.1. The molecule has 2 rings (SSSR count). The van der Waals surface area contributed by atoms with E-state index in [1.165, 1.54) is 0 Å². The van der Waals surface area contributed by atoms with Gasteiger partial charge in [-0.05, 0) is 31.3 Å². The van der Waals surface area contributed by atoms with Crippen molar-refractivity contribution in [2.45, 2.75) is 32.6 Å². The van der Waals surface area contributed by atoms with E-state index in [0.717, 1.165) is 37.2 Å². The summed E-state index contributed by atoms with van der Waals surface area (Å²) in [6.45, 7) is 1.63. The second kappa shape index (κ2) is 4.83. The van der Waals surface area contributed by atoms with E-state index in [1.807, 2.05) is 0 Å². The first-order valence-corrected chi connectivity index (χ1v) is 6.37. The monoisotopic (exact) mass is 254 g/mol. The maximum absolute atomic E-state index is 11.9. The van der Waals surface area contributed by atoms with Crippen molar-refractivity contribution in [2.75, 3.05) is 5.32 Å². The van der Waals surface area contributed by atoms with E-state index >= 15 is 0 Å². The van der Waals surface area contributed by atoms with Crippen LogP contribution in [0, 0.1) is 12.8 Å². The van der Waals surface area contributed by atoms with Crippen LogP contribution >= 0.6 is 11.5 Å². The molecule has 1 aliphatic carbocycles. The summed E-state index contributed by atoms with van der Waals surface area (Å²) in [5.74, 6) is -1.09. The zero-order chi connectivity index (χ0) is 12.4. The van der Waals surface area contributed by atoms with Crippen LogP contribution in [0.15, 0.2) is 0 Å². The molecule has 0 radical (unpaired) electrons. The standard InChI is InChI=1S/C11H14N2O3S/c1-6-8(11(15)16)10(17-13-6)12-9(14)7-4-2-3-5-7/h7H,2-5H2,1H3,(H,12,14)(H,15,16). The van der Waals surface area contributed by atoms with Crippen LogP contribution in [0.1, 0.15) is 41.7 Å². The van der Waals surface area contributed by atoms with Gasteiger partial charge in [-0.25, -0.2) is 4.79 Å². The number of carboxylic acid groups (broad SMARTS) is 1. The van der Waals surface area contributed by atoms with Crippen LogP contribution in [0.4, 0.5) is 5.00 Å². The van der Waals surface area contributed by atoms with E-state index < -0.39 is 5.97 Å². The molecule has 0 atom stereocenters. The molecule has 0 saturated heterocycles. The molecule has 1 aromatic heterocycles. The Labute approximate surface area is 103 Å². The molecular weight excluding hydrogens is 240 g/mol. The summed E-state index contributed by atoms with van der Waals surface area (Å²) < 4.78 is 3.96. The Bertz CT molecular complexity index is 450. The average Bonchev–Trinajstić information content (AvgIpc) is 2.87. The molecule has 17 heavy (non-hydrogen) atoms. The second-order valence-electron chi connectivity index (χ2n) is 4.25. The average molecular weight is 254 g/mol. The third-order valence-electron chi connectivity index (χ3n) is 3.04. The first-order valence-electron chi connectivity index (χ1n) is 5.60. The number of rotatable bonds is 3. The van der Waals surface area contributed by atoms with Gasteiger partial charge in [0.1, 0.15) is 10.6 Å². The Hall–Kier alpha value is -1.43. The number of hydrogen-bond acceptors (Lipinski definition) is 4. The summed E-state index contributed by atoms with van der Waals surface area (Å²) in [4.78, 5) is 22.9. The number of aromatic carboxylic acids is 1. The highest BCUT2D eigenvalue weighted by atomic mass is 32.1. The number of aromatic nitrogens is 1. The highest BCUT2D eigenvalue weighted by Gasteiger charge is 2.25. The lowest BCUT2D eigenvalue weighted by Gasteiger charge is -2.08. The molecule has 1 amide bonds. The fourth-order valence-corrected chi connectivity index (χ4v) is 2.90. The molecule has 1 heterocycles. The van der Waals surface area contributed by atoms with Crippen molar-refractivity contribution < 1.29 is 14.7 Å². The van der Waals surface area contributed by atoms with Crippen molar-refractivity contribution in [1.29, 1.82) is 0 Å². The molecule has 0 aromatic carbocycles. The highest BCUT2D eigenvalue weighted by Crippen LogP contribution is 2.29. The van der Waals surface area contributed by atoms with Gasteiger partial charge in [0.15, 0.2) is 0 Å². The molecule has 0 unspecified atom stereocenters. The van der Waals surface area contributed by atoms with Gasteiger partial charge in [0, 0.05) is 5.92 Å². The van der Waals surface area contributed by atoms with Gasteiger partial charge in [0.2, 0.25) is 5.91 Å². The van der Waals surface area contributed by atoms with Gasteiger partial charge in [0.05, 0.1) is 5.69 Å². The lowest BCUT2D eigenvalue weighted by molar-refractivity contribution is -0.119. The van der Waals surface area contributed by atoms with Crippen LogP contribution in [-0.2, 0) is 4.79 Å². The molecular formula is C11H14N2O3S. The number of carboxylic acids is 1. The van der Waals surface area contributed by atoms with E-state index in [1.54, 1.807) is 6.92 Å². The van der Waals surface area contributed by atoms with E-state index in [9.17, 15) is 9.59 Å². The predicted octanol–water partition coefficient (Wildman–Crippen LogP) is 2.28. The van der Waals surface area contributed by atoms with Crippen LogP contribution in [0.3, 0.4) is 0 Å².